The number of benzene rings is 1. The fourth-order valence-electron chi connectivity index (χ4n) is 2.67. The highest BCUT2D eigenvalue weighted by Crippen LogP contribution is 2.30. The van der Waals surface area contributed by atoms with Gasteiger partial charge in [0.15, 0.2) is 11.5 Å². The molecule has 2 rings (SSSR count). The quantitative estimate of drug-likeness (QED) is 0.729. The summed E-state index contributed by atoms with van der Waals surface area (Å²) in [6.45, 7) is 1.55. The number of nitrogens with one attached hydrogen (secondary N) is 1. The number of carboxylic acids is 1. The Balaban J connectivity index is 2.02. The maximum atomic E-state index is 12.4. The molecule has 1 fully saturated rings. The van der Waals surface area contributed by atoms with Crippen LogP contribution >= 0.6 is 0 Å². The van der Waals surface area contributed by atoms with Crippen LogP contribution in [-0.4, -0.2) is 62.5 Å². The summed E-state index contributed by atoms with van der Waals surface area (Å²) in [5.74, 6) is -0.323. The first-order valence-electron chi connectivity index (χ1n) is 8.13. The van der Waals surface area contributed by atoms with Crippen molar-refractivity contribution in [1.29, 1.82) is 0 Å². The van der Waals surface area contributed by atoms with Crippen LogP contribution in [-0.2, 0) is 9.53 Å². The van der Waals surface area contributed by atoms with E-state index < -0.39 is 11.9 Å². The van der Waals surface area contributed by atoms with Crippen LogP contribution in [0.4, 0.5) is 10.5 Å². The summed E-state index contributed by atoms with van der Waals surface area (Å²) < 4.78 is 15.8. The summed E-state index contributed by atoms with van der Waals surface area (Å²) >= 11 is 0. The van der Waals surface area contributed by atoms with E-state index in [9.17, 15) is 9.59 Å². The van der Waals surface area contributed by atoms with Crippen molar-refractivity contribution < 1.29 is 28.9 Å². The zero-order valence-electron chi connectivity index (χ0n) is 14.5. The number of carbonyl (C=O) groups is 2. The molecule has 2 N–H and O–H groups in total. The molecule has 0 spiro atoms. The average Bonchev–Trinajstić information content (AvgIpc) is 2.62. The van der Waals surface area contributed by atoms with E-state index in [2.05, 4.69) is 5.32 Å². The van der Waals surface area contributed by atoms with Crippen LogP contribution in [0.15, 0.2) is 18.2 Å². The first-order chi connectivity index (χ1) is 12.0. The van der Waals surface area contributed by atoms with Crippen LogP contribution in [0, 0.1) is 5.92 Å². The molecule has 0 aliphatic carbocycles. The van der Waals surface area contributed by atoms with Gasteiger partial charge in [0.2, 0.25) is 0 Å². The lowest BCUT2D eigenvalue weighted by Gasteiger charge is -2.30. The van der Waals surface area contributed by atoms with Gasteiger partial charge in [-0.1, -0.05) is 0 Å². The number of amides is 2. The Morgan fingerprint density at radius 3 is 2.76 bits per heavy atom. The van der Waals surface area contributed by atoms with Crippen LogP contribution in [0.25, 0.3) is 0 Å². The molecule has 25 heavy (non-hydrogen) atoms. The molecule has 2 amide bonds. The number of nitrogens with zero attached hydrogens (tertiary/aromatic N) is 1. The summed E-state index contributed by atoms with van der Waals surface area (Å²) in [4.78, 5) is 25.0. The molecule has 1 aliphatic heterocycles. The Morgan fingerprint density at radius 2 is 2.08 bits per heavy atom. The highest BCUT2D eigenvalue weighted by Gasteiger charge is 2.28. The lowest BCUT2D eigenvalue weighted by molar-refractivity contribution is -0.143. The van der Waals surface area contributed by atoms with Crippen molar-refractivity contribution in [2.24, 2.45) is 5.92 Å². The third-order valence-corrected chi connectivity index (χ3v) is 4.02. The van der Waals surface area contributed by atoms with Crippen molar-refractivity contribution in [3.63, 3.8) is 0 Å². The van der Waals surface area contributed by atoms with E-state index in [1.54, 1.807) is 25.3 Å². The SMILES string of the molecule is COCCOc1cc(NC(=O)N2CCCC(C(=O)O)C2)ccc1OC. The number of likely N-dealkylation sites (tertiary alicyclic amines) is 1. The fraction of sp³-hybridized carbons (Fsp3) is 0.529. The van der Waals surface area contributed by atoms with E-state index in [-0.39, 0.29) is 12.6 Å². The Morgan fingerprint density at radius 1 is 1.28 bits per heavy atom. The zero-order chi connectivity index (χ0) is 18.2. The van der Waals surface area contributed by atoms with Gasteiger partial charge in [-0.2, -0.15) is 0 Å². The van der Waals surface area contributed by atoms with E-state index in [1.807, 2.05) is 0 Å². The van der Waals surface area contributed by atoms with Gasteiger partial charge in [0, 0.05) is 32.0 Å². The Labute approximate surface area is 146 Å². The molecule has 1 aliphatic rings. The molecule has 0 aromatic heterocycles. The first kappa shape index (κ1) is 18.9. The van der Waals surface area contributed by atoms with Gasteiger partial charge in [-0.25, -0.2) is 4.79 Å². The molecule has 0 radical (unpaired) electrons. The van der Waals surface area contributed by atoms with Crippen molar-refractivity contribution in [2.45, 2.75) is 12.8 Å². The summed E-state index contributed by atoms with van der Waals surface area (Å²) in [6, 6.07) is 4.76. The van der Waals surface area contributed by atoms with Gasteiger partial charge in [-0.05, 0) is 25.0 Å². The largest absolute Gasteiger partial charge is 0.493 e. The van der Waals surface area contributed by atoms with Crippen LogP contribution in [0.3, 0.4) is 0 Å². The third-order valence-electron chi connectivity index (χ3n) is 4.02. The number of rotatable bonds is 7. The topological polar surface area (TPSA) is 97.3 Å². The lowest BCUT2D eigenvalue weighted by Crippen LogP contribution is -2.44. The van der Waals surface area contributed by atoms with Crippen LogP contribution in [0.5, 0.6) is 11.5 Å². The van der Waals surface area contributed by atoms with E-state index in [0.29, 0.717) is 49.8 Å². The molecule has 0 saturated carbocycles. The third kappa shape index (κ3) is 5.25. The molecule has 138 valence electrons. The van der Waals surface area contributed by atoms with Gasteiger partial charge in [0.25, 0.3) is 0 Å². The van der Waals surface area contributed by atoms with E-state index in [0.717, 1.165) is 0 Å². The molecule has 1 atom stereocenters. The molecule has 0 bridgehead atoms. The Bertz CT molecular complexity index is 607. The smallest absolute Gasteiger partial charge is 0.321 e. The molecule has 1 unspecified atom stereocenters. The van der Waals surface area contributed by atoms with Crippen LogP contribution in [0.2, 0.25) is 0 Å². The predicted octanol–water partition coefficient (Wildman–Crippen LogP) is 2.05. The number of methoxy groups -OCH3 is 2. The number of piperidine rings is 1. The Kier molecular flexibility index (Phi) is 6.88. The average molecular weight is 352 g/mol. The molecule has 8 nitrogen and oxygen atoms in total. The van der Waals surface area contributed by atoms with E-state index in [1.165, 1.54) is 12.0 Å². The molecular weight excluding hydrogens is 328 g/mol. The van der Waals surface area contributed by atoms with Crippen LogP contribution in [0.1, 0.15) is 12.8 Å². The van der Waals surface area contributed by atoms with E-state index >= 15 is 0 Å². The molecule has 1 aromatic rings. The predicted molar refractivity (Wildman–Crippen MR) is 91.3 cm³/mol. The maximum Gasteiger partial charge on any atom is 0.321 e. The molecule has 1 saturated heterocycles. The van der Waals surface area contributed by atoms with E-state index in [4.69, 9.17) is 19.3 Å². The second kappa shape index (κ2) is 9.12. The summed E-state index contributed by atoms with van der Waals surface area (Å²) in [5, 5.41) is 11.9. The number of carboxylic acid groups (broad SMARTS) is 1. The minimum Gasteiger partial charge on any atom is -0.493 e. The standard InChI is InChI=1S/C17H24N2O6/c1-23-8-9-25-15-10-13(5-6-14(15)24-2)18-17(22)19-7-3-4-12(11-19)16(20)21/h5-6,10,12H,3-4,7-9,11H2,1-2H3,(H,18,22)(H,20,21). The monoisotopic (exact) mass is 352 g/mol. The minimum atomic E-state index is -0.865. The van der Waals surface area contributed by atoms with Crippen molar-refractivity contribution in [2.75, 3.05) is 45.8 Å². The second-order valence-electron chi connectivity index (χ2n) is 5.76. The van der Waals surface area contributed by atoms with Crippen molar-refractivity contribution in [3.8, 4) is 11.5 Å². The van der Waals surface area contributed by atoms with Gasteiger partial charge in [-0.15, -0.1) is 0 Å². The summed E-state index contributed by atoms with van der Waals surface area (Å²) in [6.07, 6.45) is 1.28. The second-order valence-corrected chi connectivity index (χ2v) is 5.76. The normalized spacial score (nSPS) is 17.0. The number of hydrogen-bond acceptors (Lipinski definition) is 5. The number of anilines is 1. The highest BCUT2D eigenvalue weighted by molar-refractivity contribution is 5.90. The number of carbonyl (C=O) groups excluding carboxylic acids is 1. The molecule has 1 heterocycles. The molecule has 8 heteroatoms. The summed E-state index contributed by atoms with van der Waals surface area (Å²) in [7, 11) is 3.12. The highest BCUT2D eigenvalue weighted by atomic mass is 16.5. The number of hydrogen-bond donors (Lipinski definition) is 2. The molecule has 1 aromatic carbocycles. The molecular formula is C17H24N2O6. The number of aliphatic carboxylic acids is 1. The first-order valence-corrected chi connectivity index (χ1v) is 8.13. The minimum absolute atomic E-state index is 0.217. The number of urea groups is 1. The van der Waals surface area contributed by atoms with Crippen molar-refractivity contribution in [3.05, 3.63) is 18.2 Å². The number of ether oxygens (including phenoxy) is 3. The lowest BCUT2D eigenvalue weighted by atomic mass is 9.99. The van der Waals surface area contributed by atoms with Crippen LogP contribution < -0.4 is 14.8 Å². The van der Waals surface area contributed by atoms with Gasteiger partial charge < -0.3 is 29.5 Å². The van der Waals surface area contributed by atoms with Crippen molar-refractivity contribution in [1.82, 2.24) is 4.90 Å². The maximum absolute atomic E-state index is 12.4. The van der Waals surface area contributed by atoms with Crippen molar-refractivity contribution >= 4 is 17.7 Å². The fourth-order valence-corrected chi connectivity index (χ4v) is 2.67. The van der Waals surface area contributed by atoms with Gasteiger partial charge in [-0.3, -0.25) is 4.79 Å². The zero-order valence-corrected chi connectivity index (χ0v) is 14.5. The summed E-state index contributed by atoms with van der Waals surface area (Å²) in [5.41, 5.74) is 0.552. The van der Waals surface area contributed by atoms with Gasteiger partial charge in [0.1, 0.15) is 6.61 Å². The Hall–Kier alpha value is -2.48. The van der Waals surface area contributed by atoms with Gasteiger partial charge >= 0.3 is 12.0 Å². The van der Waals surface area contributed by atoms with Gasteiger partial charge in [0.05, 0.1) is 19.6 Å².